The summed E-state index contributed by atoms with van der Waals surface area (Å²) in [4.78, 5) is 5.80. The van der Waals surface area contributed by atoms with E-state index in [-0.39, 0.29) is 5.41 Å². The van der Waals surface area contributed by atoms with Gasteiger partial charge >= 0.3 is 0 Å². The predicted molar refractivity (Wildman–Crippen MR) is 84.4 cm³/mol. The van der Waals surface area contributed by atoms with Crippen molar-refractivity contribution in [1.29, 1.82) is 0 Å². The third-order valence-electron chi connectivity index (χ3n) is 2.82. The summed E-state index contributed by atoms with van der Waals surface area (Å²) in [6.45, 7) is 10.7. The maximum Gasteiger partial charge on any atom is 0.0981 e. The zero-order valence-corrected chi connectivity index (χ0v) is 14.0. The van der Waals surface area contributed by atoms with Crippen molar-refractivity contribution in [3.63, 3.8) is 0 Å². The Hall–Kier alpha value is -0.490. The molecule has 0 radical (unpaired) electrons. The van der Waals surface area contributed by atoms with Crippen LogP contribution in [0.25, 0.3) is 0 Å². The number of aromatic nitrogens is 1. The molecule has 0 saturated carbocycles. The average Bonchev–Trinajstić information content (AvgIpc) is 2.85. The van der Waals surface area contributed by atoms with Gasteiger partial charge in [-0.1, -0.05) is 20.8 Å². The van der Waals surface area contributed by atoms with Crippen molar-refractivity contribution >= 4 is 11.3 Å². The molecule has 0 atom stereocenters. The minimum atomic E-state index is 0.155. The number of unbranched alkanes of at least 4 members (excludes halogenated alkanes) is 1. The molecule has 0 unspecified atom stereocenters. The van der Waals surface area contributed by atoms with E-state index in [1.54, 1.807) is 18.4 Å². The van der Waals surface area contributed by atoms with E-state index in [1.165, 1.54) is 9.88 Å². The van der Waals surface area contributed by atoms with Crippen LogP contribution in [0.5, 0.6) is 0 Å². The van der Waals surface area contributed by atoms with Crippen molar-refractivity contribution in [2.45, 2.75) is 45.6 Å². The molecule has 1 heterocycles. The number of nitrogens with one attached hydrogen (secondary N) is 1. The van der Waals surface area contributed by atoms with Gasteiger partial charge in [-0.15, -0.1) is 11.3 Å². The maximum absolute atomic E-state index is 5.42. The van der Waals surface area contributed by atoms with Crippen molar-refractivity contribution < 1.29 is 9.47 Å². The fourth-order valence-corrected chi connectivity index (χ4v) is 2.59. The number of ether oxygens (including phenoxy) is 2. The molecular weight excluding hydrogens is 272 g/mol. The first-order chi connectivity index (χ1) is 9.54. The van der Waals surface area contributed by atoms with E-state index in [1.807, 2.05) is 6.20 Å². The molecule has 0 fully saturated rings. The molecule has 0 aliphatic carbocycles. The second-order valence-corrected chi connectivity index (χ2v) is 6.99. The minimum Gasteiger partial charge on any atom is -0.382 e. The van der Waals surface area contributed by atoms with Gasteiger partial charge in [0.15, 0.2) is 0 Å². The Labute approximate surface area is 126 Å². The van der Waals surface area contributed by atoms with Crippen molar-refractivity contribution in [3.8, 4) is 0 Å². The van der Waals surface area contributed by atoms with Gasteiger partial charge < -0.3 is 14.8 Å². The van der Waals surface area contributed by atoms with E-state index >= 15 is 0 Å². The zero-order valence-electron chi connectivity index (χ0n) is 13.2. The molecule has 1 aromatic rings. The highest BCUT2D eigenvalue weighted by Gasteiger charge is 2.17. The Morgan fingerprint density at radius 1 is 1.20 bits per heavy atom. The highest BCUT2D eigenvalue weighted by Crippen LogP contribution is 2.26. The lowest BCUT2D eigenvalue weighted by molar-refractivity contribution is 0.0688. The zero-order chi connectivity index (χ0) is 14.8. The molecule has 0 amide bonds. The molecule has 0 bridgehead atoms. The Balaban J connectivity index is 2.03. The third-order valence-corrected chi connectivity index (χ3v) is 4.24. The monoisotopic (exact) mass is 300 g/mol. The summed E-state index contributed by atoms with van der Waals surface area (Å²) in [5.41, 5.74) is 0.155. The van der Waals surface area contributed by atoms with Crippen LogP contribution in [-0.4, -0.2) is 38.5 Å². The van der Waals surface area contributed by atoms with Crippen molar-refractivity contribution in [2.24, 2.45) is 0 Å². The Morgan fingerprint density at radius 3 is 2.65 bits per heavy atom. The van der Waals surface area contributed by atoms with E-state index in [0.29, 0.717) is 13.2 Å². The molecular formula is C15H28N2O2S. The van der Waals surface area contributed by atoms with Gasteiger partial charge in [0, 0.05) is 36.8 Å². The number of nitrogens with zero attached hydrogens (tertiary/aromatic N) is 1. The number of hydrogen-bond donors (Lipinski definition) is 1. The second kappa shape index (κ2) is 9.45. The molecule has 5 heteroatoms. The van der Waals surface area contributed by atoms with Crippen LogP contribution in [0.2, 0.25) is 0 Å². The van der Waals surface area contributed by atoms with Gasteiger partial charge in [-0.3, -0.25) is 0 Å². The number of hydrogen-bond acceptors (Lipinski definition) is 5. The van der Waals surface area contributed by atoms with Gasteiger partial charge in [0.2, 0.25) is 0 Å². The summed E-state index contributed by atoms with van der Waals surface area (Å²) in [5, 5.41) is 4.67. The Bertz CT molecular complexity index is 361. The fraction of sp³-hybridized carbons (Fsp3) is 0.800. The molecule has 116 valence electrons. The molecule has 1 aromatic heterocycles. The second-order valence-electron chi connectivity index (χ2n) is 5.87. The SMILES string of the molecule is COCCOCCCCNCc1cnc(C(C)(C)C)s1. The lowest BCUT2D eigenvalue weighted by Gasteiger charge is -2.13. The van der Waals surface area contributed by atoms with Crippen molar-refractivity contribution in [2.75, 3.05) is 33.5 Å². The quantitative estimate of drug-likeness (QED) is 0.675. The molecule has 20 heavy (non-hydrogen) atoms. The van der Waals surface area contributed by atoms with E-state index in [2.05, 4.69) is 31.1 Å². The standard InChI is InChI=1S/C15H28N2O2S/c1-15(2,3)14-17-12-13(20-14)11-16-7-5-6-8-19-10-9-18-4/h12,16H,5-11H2,1-4H3. The van der Waals surface area contributed by atoms with Crippen LogP contribution in [0.4, 0.5) is 0 Å². The summed E-state index contributed by atoms with van der Waals surface area (Å²) in [6, 6.07) is 0. The molecule has 0 spiro atoms. The topological polar surface area (TPSA) is 43.4 Å². The molecule has 1 N–H and O–H groups in total. The van der Waals surface area contributed by atoms with Gasteiger partial charge in [0.25, 0.3) is 0 Å². The van der Waals surface area contributed by atoms with Crippen LogP contribution >= 0.6 is 11.3 Å². The molecule has 0 aromatic carbocycles. The first kappa shape index (κ1) is 17.6. The molecule has 1 rings (SSSR count). The van der Waals surface area contributed by atoms with Crippen LogP contribution in [0.3, 0.4) is 0 Å². The van der Waals surface area contributed by atoms with Crippen LogP contribution in [0.15, 0.2) is 6.20 Å². The maximum atomic E-state index is 5.42. The predicted octanol–water partition coefficient (Wildman–Crippen LogP) is 2.97. The summed E-state index contributed by atoms with van der Waals surface area (Å²) in [7, 11) is 1.69. The smallest absolute Gasteiger partial charge is 0.0981 e. The number of thiazole rings is 1. The van der Waals surface area contributed by atoms with Gasteiger partial charge in [-0.2, -0.15) is 0 Å². The largest absolute Gasteiger partial charge is 0.382 e. The van der Waals surface area contributed by atoms with Gasteiger partial charge in [-0.05, 0) is 19.4 Å². The minimum absolute atomic E-state index is 0.155. The molecule has 0 aliphatic rings. The molecule has 0 saturated heterocycles. The van der Waals surface area contributed by atoms with E-state index in [9.17, 15) is 0 Å². The van der Waals surface area contributed by atoms with E-state index < -0.39 is 0 Å². The van der Waals surface area contributed by atoms with Crippen LogP contribution in [0.1, 0.15) is 43.5 Å². The van der Waals surface area contributed by atoms with Gasteiger partial charge in [-0.25, -0.2) is 4.98 Å². The summed E-state index contributed by atoms with van der Waals surface area (Å²) in [6.07, 6.45) is 4.22. The molecule has 4 nitrogen and oxygen atoms in total. The van der Waals surface area contributed by atoms with Crippen molar-refractivity contribution in [1.82, 2.24) is 10.3 Å². The van der Waals surface area contributed by atoms with Crippen molar-refractivity contribution in [3.05, 3.63) is 16.1 Å². The van der Waals surface area contributed by atoms with Crippen LogP contribution < -0.4 is 5.32 Å². The number of rotatable bonds is 10. The first-order valence-corrected chi connectivity index (χ1v) is 8.08. The normalized spacial score (nSPS) is 12.0. The summed E-state index contributed by atoms with van der Waals surface area (Å²) >= 11 is 1.81. The lowest BCUT2D eigenvalue weighted by atomic mass is 9.98. The lowest BCUT2D eigenvalue weighted by Crippen LogP contribution is -2.14. The van der Waals surface area contributed by atoms with Gasteiger partial charge in [0.1, 0.15) is 0 Å². The van der Waals surface area contributed by atoms with Gasteiger partial charge in [0.05, 0.1) is 18.2 Å². The Kier molecular flexibility index (Phi) is 8.30. The van der Waals surface area contributed by atoms with Crippen LogP contribution in [-0.2, 0) is 21.4 Å². The number of methoxy groups -OCH3 is 1. The average molecular weight is 300 g/mol. The van der Waals surface area contributed by atoms with E-state index in [4.69, 9.17) is 9.47 Å². The Morgan fingerprint density at radius 2 is 2.00 bits per heavy atom. The third kappa shape index (κ3) is 7.33. The summed E-state index contributed by atoms with van der Waals surface area (Å²) in [5.74, 6) is 0. The first-order valence-electron chi connectivity index (χ1n) is 7.26. The fourth-order valence-electron chi connectivity index (χ4n) is 1.65. The summed E-state index contributed by atoms with van der Waals surface area (Å²) < 4.78 is 10.3. The highest BCUT2D eigenvalue weighted by molar-refractivity contribution is 7.11. The van der Waals surface area contributed by atoms with E-state index in [0.717, 1.165) is 32.5 Å². The molecule has 0 aliphatic heterocycles. The van der Waals surface area contributed by atoms with Crippen LogP contribution in [0, 0.1) is 0 Å². The highest BCUT2D eigenvalue weighted by atomic mass is 32.1.